The van der Waals surface area contributed by atoms with E-state index in [0.717, 1.165) is 5.75 Å². The lowest BCUT2D eigenvalue weighted by atomic mass is 10.2. The molecule has 0 aliphatic rings. The normalized spacial score (nSPS) is 10.6. The number of hydrogen-bond donors (Lipinski definition) is 2. The van der Waals surface area contributed by atoms with Crippen LogP contribution in [0.4, 0.5) is 0 Å². The Hall–Kier alpha value is -2.47. The lowest BCUT2D eigenvalue weighted by Gasteiger charge is -2.05. The highest BCUT2D eigenvalue weighted by Gasteiger charge is 2.04. The molecule has 6 heteroatoms. The smallest absolute Gasteiger partial charge is 0.257 e. The van der Waals surface area contributed by atoms with Gasteiger partial charge in [0, 0.05) is 11.3 Å². The molecule has 1 amide bonds. The number of hydrogen-bond acceptors (Lipinski definition) is 4. The number of carbonyl (C=O) groups is 1. The van der Waals surface area contributed by atoms with Gasteiger partial charge in [-0.05, 0) is 36.4 Å². The van der Waals surface area contributed by atoms with Crippen LogP contribution in [0.3, 0.4) is 0 Å². The summed E-state index contributed by atoms with van der Waals surface area (Å²) in [6.45, 7) is 4.53. The standard InChI is InChI=1S/C17H18N2O3S.C2H6/c18-17(13-6-8-14(20)9-7-13)19-16(21)12-23-11-10-22-15-4-2-1-3-5-15;1-2/h1-9,20H,10-12H2,(H2,18,19,21);1-2H3. The van der Waals surface area contributed by atoms with Crippen molar-refractivity contribution in [2.75, 3.05) is 18.1 Å². The molecule has 5 nitrogen and oxygen atoms in total. The minimum Gasteiger partial charge on any atom is -0.508 e. The number of phenols is 1. The van der Waals surface area contributed by atoms with Crippen LogP contribution >= 0.6 is 11.8 Å². The van der Waals surface area contributed by atoms with Crippen LogP contribution in [-0.2, 0) is 4.79 Å². The number of carbonyl (C=O) groups excluding carboxylic acids is 1. The zero-order valence-corrected chi connectivity index (χ0v) is 15.3. The number of aliphatic imine (C=N–C) groups is 1. The fraction of sp³-hybridized carbons (Fsp3) is 0.263. The SMILES string of the molecule is CC.NC(=NC(=O)CSCCOc1ccccc1)c1ccc(O)cc1. The second-order valence-corrected chi connectivity index (χ2v) is 5.76. The number of benzene rings is 2. The number of thioether (sulfide) groups is 1. The summed E-state index contributed by atoms with van der Waals surface area (Å²) in [6.07, 6.45) is 0. The predicted molar refractivity (Wildman–Crippen MR) is 104 cm³/mol. The maximum Gasteiger partial charge on any atom is 0.257 e. The van der Waals surface area contributed by atoms with Gasteiger partial charge in [0.15, 0.2) is 0 Å². The fourth-order valence-electron chi connectivity index (χ4n) is 1.76. The van der Waals surface area contributed by atoms with E-state index in [1.165, 1.54) is 23.9 Å². The zero-order valence-electron chi connectivity index (χ0n) is 14.5. The quantitative estimate of drug-likeness (QED) is 0.449. The molecule has 0 saturated heterocycles. The van der Waals surface area contributed by atoms with Gasteiger partial charge in [0.1, 0.15) is 17.3 Å². The Labute approximate surface area is 152 Å². The molecule has 0 saturated carbocycles. The highest BCUT2D eigenvalue weighted by molar-refractivity contribution is 7.99. The molecule has 0 heterocycles. The average molecular weight is 360 g/mol. The van der Waals surface area contributed by atoms with Crippen LogP contribution in [0.15, 0.2) is 59.6 Å². The highest BCUT2D eigenvalue weighted by Crippen LogP contribution is 2.11. The minimum absolute atomic E-state index is 0.141. The third-order valence-corrected chi connectivity index (χ3v) is 3.78. The Morgan fingerprint density at radius 2 is 1.76 bits per heavy atom. The van der Waals surface area contributed by atoms with E-state index in [-0.39, 0.29) is 23.2 Å². The first kappa shape index (κ1) is 20.6. The lowest BCUT2D eigenvalue weighted by molar-refractivity contribution is -0.115. The molecule has 2 aromatic carbocycles. The molecular weight excluding hydrogens is 336 g/mol. The van der Waals surface area contributed by atoms with Gasteiger partial charge in [0.05, 0.1) is 12.4 Å². The van der Waals surface area contributed by atoms with Crippen LogP contribution < -0.4 is 10.5 Å². The summed E-state index contributed by atoms with van der Waals surface area (Å²) in [7, 11) is 0. The van der Waals surface area contributed by atoms with Gasteiger partial charge in [-0.2, -0.15) is 4.99 Å². The van der Waals surface area contributed by atoms with Crippen LogP contribution in [0.25, 0.3) is 0 Å². The van der Waals surface area contributed by atoms with Crippen molar-refractivity contribution >= 4 is 23.5 Å². The van der Waals surface area contributed by atoms with Crippen molar-refractivity contribution in [3.05, 3.63) is 60.2 Å². The van der Waals surface area contributed by atoms with Gasteiger partial charge in [-0.25, -0.2) is 0 Å². The van der Waals surface area contributed by atoms with E-state index in [4.69, 9.17) is 10.5 Å². The van der Waals surface area contributed by atoms with Crippen LogP contribution in [0.1, 0.15) is 19.4 Å². The van der Waals surface area contributed by atoms with Crippen molar-refractivity contribution < 1.29 is 14.6 Å². The van der Waals surface area contributed by atoms with E-state index in [1.807, 2.05) is 44.2 Å². The van der Waals surface area contributed by atoms with Gasteiger partial charge in [-0.3, -0.25) is 4.79 Å². The van der Waals surface area contributed by atoms with Gasteiger partial charge in [0.2, 0.25) is 0 Å². The number of aromatic hydroxyl groups is 1. The average Bonchev–Trinajstić information content (AvgIpc) is 2.64. The number of phenolic OH excluding ortho intramolecular Hbond substituents is 1. The van der Waals surface area contributed by atoms with Crippen LogP contribution in [0.2, 0.25) is 0 Å². The molecule has 0 atom stereocenters. The molecule has 2 aromatic rings. The maximum absolute atomic E-state index is 11.7. The van der Waals surface area contributed by atoms with Gasteiger partial charge in [-0.1, -0.05) is 32.0 Å². The largest absolute Gasteiger partial charge is 0.508 e. The van der Waals surface area contributed by atoms with Gasteiger partial charge in [0.25, 0.3) is 5.91 Å². The molecule has 0 fully saturated rings. The van der Waals surface area contributed by atoms with Gasteiger partial charge < -0.3 is 15.6 Å². The number of ether oxygens (including phenoxy) is 1. The van der Waals surface area contributed by atoms with E-state index in [9.17, 15) is 9.90 Å². The van der Waals surface area contributed by atoms with Crippen molar-refractivity contribution in [2.45, 2.75) is 13.8 Å². The molecule has 0 spiro atoms. The molecule has 25 heavy (non-hydrogen) atoms. The summed E-state index contributed by atoms with van der Waals surface area (Å²) in [5, 5.41) is 9.21. The summed E-state index contributed by atoms with van der Waals surface area (Å²) < 4.78 is 5.53. The Morgan fingerprint density at radius 3 is 2.40 bits per heavy atom. The molecule has 3 N–H and O–H groups in total. The maximum atomic E-state index is 11.7. The molecular formula is C19H24N2O3S. The molecule has 0 bridgehead atoms. The Balaban J connectivity index is 0.00000151. The number of amidine groups is 1. The number of rotatable bonds is 7. The first-order chi connectivity index (χ1) is 12.1. The Bertz CT molecular complexity index is 658. The minimum atomic E-state index is -0.291. The monoisotopic (exact) mass is 360 g/mol. The molecule has 0 aromatic heterocycles. The van der Waals surface area contributed by atoms with E-state index < -0.39 is 0 Å². The highest BCUT2D eigenvalue weighted by atomic mass is 32.2. The number of para-hydroxylation sites is 1. The van der Waals surface area contributed by atoms with E-state index in [0.29, 0.717) is 17.9 Å². The Kier molecular flexibility index (Phi) is 9.85. The molecule has 134 valence electrons. The van der Waals surface area contributed by atoms with Crippen molar-refractivity contribution in [1.29, 1.82) is 0 Å². The molecule has 0 aliphatic carbocycles. The summed E-state index contributed by atoms with van der Waals surface area (Å²) in [4.78, 5) is 15.6. The number of nitrogens with two attached hydrogens (primary N) is 1. The van der Waals surface area contributed by atoms with Crippen LogP contribution in [0.5, 0.6) is 11.5 Å². The molecule has 2 rings (SSSR count). The zero-order chi connectivity index (χ0) is 18.5. The van der Waals surface area contributed by atoms with Crippen molar-refractivity contribution in [3.8, 4) is 11.5 Å². The number of nitrogens with zero attached hydrogens (tertiary/aromatic N) is 1. The first-order valence-electron chi connectivity index (χ1n) is 8.07. The van der Waals surface area contributed by atoms with E-state index >= 15 is 0 Å². The fourth-order valence-corrected chi connectivity index (χ4v) is 2.34. The Morgan fingerprint density at radius 1 is 1.12 bits per heavy atom. The summed E-state index contributed by atoms with van der Waals surface area (Å²) in [5.74, 6) is 1.75. The van der Waals surface area contributed by atoms with Crippen molar-refractivity contribution in [1.82, 2.24) is 0 Å². The lowest BCUT2D eigenvalue weighted by Crippen LogP contribution is -2.16. The predicted octanol–water partition coefficient (Wildman–Crippen LogP) is 3.46. The second-order valence-electron chi connectivity index (χ2n) is 4.65. The first-order valence-corrected chi connectivity index (χ1v) is 9.22. The second kappa shape index (κ2) is 12.0. The van der Waals surface area contributed by atoms with Crippen molar-refractivity contribution in [3.63, 3.8) is 0 Å². The van der Waals surface area contributed by atoms with Gasteiger partial charge >= 0.3 is 0 Å². The topological polar surface area (TPSA) is 84.9 Å². The van der Waals surface area contributed by atoms with Crippen LogP contribution in [0, 0.1) is 0 Å². The van der Waals surface area contributed by atoms with E-state index in [1.54, 1.807) is 12.1 Å². The summed E-state index contributed by atoms with van der Waals surface area (Å²) in [5.41, 5.74) is 6.37. The van der Waals surface area contributed by atoms with E-state index in [2.05, 4.69) is 4.99 Å². The summed E-state index contributed by atoms with van der Waals surface area (Å²) >= 11 is 1.44. The number of amides is 1. The van der Waals surface area contributed by atoms with Crippen LogP contribution in [-0.4, -0.2) is 35.0 Å². The van der Waals surface area contributed by atoms with Crippen molar-refractivity contribution in [2.24, 2.45) is 10.7 Å². The molecule has 0 unspecified atom stereocenters. The molecule has 0 aliphatic heterocycles. The van der Waals surface area contributed by atoms with Gasteiger partial charge in [-0.15, -0.1) is 11.8 Å². The molecule has 0 radical (unpaired) electrons. The third kappa shape index (κ3) is 8.26. The summed E-state index contributed by atoms with van der Waals surface area (Å²) in [6, 6.07) is 15.7. The third-order valence-electron chi connectivity index (χ3n) is 2.87.